The van der Waals surface area contributed by atoms with E-state index in [1.165, 1.54) is 109 Å². The largest absolute Gasteiger partial charge is 0.463 e. The number of allylic oxidation sites excluding steroid dienone is 8. The van der Waals surface area contributed by atoms with Gasteiger partial charge in [0.2, 0.25) is 0 Å². The molecule has 0 aliphatic rings. The summed E-state index contributed by atoms with van der Waals surface area (Å²) in [5.74, 6) is 0.259. The fraction of sp³-hybridized carbons (Fsp3) is 0.750. The number of rotatable bonds is 39. The Morgan fingerprint density at radius 2 is 0.981 bits per heavy atom. The minimum atomic E-state index is -1.000. The summed E-state index contributed by atoms with van der Waals surface area (Å²) in [7, 11) is 0. The van der Waals surface area contributed by atoms with Crippen LogP contribution < -0.4 is 0 Å². The van der Waals surface area contributed by atoms with E-state index in [1.54, 1.807) is 0 Å². The van der Waals surface area contributed by atoms with Crippen LogP contribution >= 0.6 is 0 Å². The number of aliphatic hydroxyl groups excluding tert-OH is 2. The molecule has 0 saturated carbocycles. The summed E-state index contributed by atoms with van der Waals surface area (Å²) in [6.45, 7) is 6.42. The first-order chi connectivity index (χ1) is 26.4. The van der Waals surface area contributed by atoms with Crippen LogP contribution in [0.4, 0.5) is 0 Å². The van der Waals surface area contributed by atoms with E-state index in [1.807, 2.05) is 37.3 Å². The summed E-state index contributed by atoms with van der Waals surface area (Å²) in [4.78, 5) is 24.0. The summed E-state index contributed by atoms with van der Waals surface area (Å²) in [5.41, 5.74) is 0. The van der Waals surface area contributed by atoms with Crippen molar-refractivity contribution < 1.29 is 29.3 Å². The van der Waals surface area contributed by atoms with Gasteiger partial charge in [0.15, 0.2) is 0 Å². The number of hydrogen-bond acceptors (Lipinski definition) is 6. The third-order valence-electron chi connectivity index (χ3n) is 9.88. The highest BCUT2D eigenvalue weighted by Gasteiger charge is 2.12. The Bertz CT molecular complexity index is 980. The monoisotopic (exact) mass is 757 g/mol. The van der Waals surface area contributed by atoms with Crippen molar-refractivity contribution in [3.8, 4) is 0 Å². The minimum absolute atomic E-state index is 0.144. The molecular formula is C48H84O6. The Morgan fingerprint density at radius 1 is 0.537 bits per heavy atom. The fourth-order valence-corrected chi connectivity index (χ4v) is 6.12. The van der Waals surface area contributed by atoms with Crippen LogP contribution in [0.5, 0.6) is 0 Å². The van der Waals surface area contributed by atoms with Crippen LogP contribution in [0.25, 0.3) is 0 Å². The fourth-order valence-electron chi connectivity index (χ4n) is 6.12. The number of esters is 2. The van der Waals surface area contributed by atoms with E-state index in [9.17, 15) is 19.8 Å². The predicted molar refractivity (Wildman–Crippen MR) is 229 cm³/mol. The van der Waals surface area contributed by atoms with E-state index in [4.69, 9.17) is 9.47 Å². The van der Waals surface area contributed by atoms with Crippen molar-refractivity contribution in [3.63, 3.8) is 0 Å². The number of carbonyl (C=O) groups is 2. The summed E-state index contributed by atoms with van der Waals surface area (Å²) < 4.78 is 10.3. The van der Waals surface area contributed by atoms with Gasteiger partial charge in [-0.2, -0.15) is 0 Å². The number of hydrogen-bond donors (Lipinski definition) is 2. The molecule has 3 atom stereocenters. The molecule has 0 fully saturated rings. The van der Waals surface area contributed by atoms with Crippen LogP contribution in [0.1, 0.15) is 201 Å². The van der Waals surface area contributed by atoms with E-state index >= 15 is 0 Å². The van der Waals surface area contributed by atoms with Gasteiger partial charge in [-0.1, -0.05) is 204 Å². The van der Waals surface area contributed by atoms with Crippen LogP contribution in [0.2, 0.25) is 0 Å². The average Bonchev–Trinajstić information content (AvgIpc) is 3.17. The Labute approximate surface area is 333 Å². The first kappa shape index (κ1) is 51.6. The summed E-state index contributed by atoms with van der Waals surface area (Å²) in [6.07, 6.45) is 50.6. The van der Waals surface area contributed by atoms with E-state index in [0.29, 0.717) is 19.3 Å². The molecule has 0 aliphatic carbocycles. The normalized spacial score (nSPS) is 13.9. The van der Waals surface area contributed by atoms with Gasteiger partial charge in [0.25, 0.3) is 0 Å². The standard InChI is InChI=1S/C48H84O6/c1-4-6-38-45(49)39-34-30-26-22-18-15-16-20-24-28-32-36-41-48(52)54-43-46(50)42-53-47(51)40-35-31-27-23-19-14-12-10-8-7-9-11-13-17-21-25-29-33-37-44(3)5-2/h6,15-16,22,24,26,28,30,34,38,44-46,49-50H,4-5,7-14,17-21,23,25,27,29,31-33,35-37,39-43H2,1-3H3/b16-15-,26-22-,28-24-,34-30+,38-6-/t44?,45?,46-/m0/s1. The second-order valence-electron chi connectivity index (χ2n) is 15.2. The van der Waals surface area contributed by atoms with Crippen molar-refractivity contribution in [2.24, 2.45) is 5.92 Å². The highest BCUT2D eigenvalue weighted by Crippen LogP contribution is 2.17. The van der Waals surface area contributed by atoms with Crippen LogP contribution in [-0.4, -0.2) is 47.6 Å². The first-order valence-corrected chi connectivity index (χ1v) is 22.3. The Morgan fingerprint density at radius 3 is 1.50 bits per heavy atom. The van der Waals surface area contributed by atoms with Crippen molar-refractivity contribution >= 4 is 11.9 Å². The molecule has 312 valence electrons. The molecule has 0 aromatic rings. The van der Waals surface area contributed by atoms with Crippen molar-refractivity contribution in [2.75, 3.05) is 13.2 Å². The van der Waals surface area contributed by atoms with Gasteiger partial charge >= 0.3 is 11.9 Å². The molecule has 6 nitrogen and oxygen atoms in total. The van der Waals surface area contributed by atoms with Crippen molar-refractivity contribution in [2.45, 2.75) is 213 Å². The smallest absolute Gasteiger partial charge is 0.305 e. The second kappa shape index (κ2) is 41.7. The maximum atomic E-state index is 12.0. The molecule has 0 aromatic carbocycles. The van der Waals surface area contributed by atoms with Crippen LogP contribution in [0, 0.1) is 5.92 Å². The van der Waals surface area contributed by atoms with Crippen LogP contribution in [0.15, 0.2) is 60.8 Å². The lowest BCUT2D eigenvalue weighted by atomic mass is 9.99. The van der Waals surface area contributed by atoms with Gasteiger partial charge in [-0.3, -0.25) is 9.59 Å². The molecule has 2 unspecified atom stereocenters. The maximum Gasteiger partial charge on any atom is 0.305 e. The first-order valence-electron chi connectivity index (χ1n) is 22.3. The van der Waals surface area contributed by atoms with Gasteiger partial charge in [-0.25, -0.2) is 0 Å². The van der Waals surface area contributed by atoms with Crippen molar-refractivity contribution in [3.05, 3.63) is 60.8 Å². The Balaban J connectivity index is 3.51. The highest BCUT2D eigenvalue weighted by atomic mass is 16.6. The molecule has 0 bridgehead atoms. The lowest BCUT2D eigenvalue weighted by Gasteiger charge is -2.12. The molecule has 0 heterocycles. The third kappa shape index (κ3) is 40.7. The second-order valence-corrected chi connectivity index (χ2v) is 15.2. The van der Waals surface area contributed by atoms with E-state index < -0.39 is 12.2 Å². The topological polar surface area (TPSA) is 93.1 Å². The molecule has 0 radical (unpaired) electrons. The van der Waals surface area contributed by atoms with Gasteiger partial charge in [0, 0.05) is 12.8 Å². The van der Waals surface area contributed by atoms with Crippen molar-refractivity contribution in [1.82, 2.24) is 0 Å². The zero-order valence-electron chi connectivity index (χ0n) is 35.2. The number of aliphatic hydroxyl groups is 2. The lowest BCUT2D eigenvalue weighted by Crippen LogP contribution is -2.25. The van der Waals surface area contributed by atoms with E-state index in [2.05, 4.69) is 44.2 Å². The molecule has 54 heavy (non-hydrogen) atoms. The van der Waals surface area contributed by atoms with Gasteiger partial charge in [-0.05, 0) is 50.9 Å². The Kier molecular flexibility index (Phi) is 39.8. The van der Waals surface area contributed by atoms with E-state index in [-0.39, 0.29) is 31.6 Å². The molecule has 0 spiro atoms. The SMILES string of the molecule is CC/C=C\C(O)C/C=C/C=C\C/C=C\C/C=C\CCCC(=O)OC[C@@H](O)COC(=O)CCCCCCCCCCCCCCCCCCCCC(C)CC. The Hall–Kier alpha value is -2.44. The molecular weight excluding hydrogens is 673 g/mol. The lowest BCUT2D eigenvalue weighted by molar-refractivity contribution is -0.152. The van der Waals surface area contributed by atoms with Gasteiger partial charge < -0.3 is 19.7 Å². The van der Waals surface area contributed by atoms with Crippen LogP contribution in [-0.2, 0) is 19.1 Å². The molecule has 2 N–H and O–H groups in total. The van der Waals surface area contributed by atoms with E-state index in [0.717, 1.165) is 50.9 Å². The summed E-state index contributed by atoms with van der Waals surface area (Å²) in [5, 5.41) is 19.8. The molecule has 0 saturated heterocycles. The predicted octanol–water partition coefficient (Wildman–Crippen LogP) is 13.2. The van der Waals surface area contributed by atoms with Gasteiger partial charge in [0.1, 0.15) is 19.3 Å². The number of unbranched alkanes of at least 4 members (excludes halogenated alkanes) is 18. The molecule has 0 aliphatic heterocycles. The van der Waals surface area contributed by atoms with Gasteiger partial charge in [-0.15, -0.1) is 0 Å². The minimum Gasteiger partial charge on any atom is -0.463 e. The third-order valence-corrected chi connectivity index (χ3v) is 9.88. The van der Waals surface area contributed by atoms with Crippen LogP contribution in [0.3, 0.4) is 0 Å². The average molecular weight is 757 g/mol. The summed E-state index contributed by atoms with van der Waals surface area (Å²) >= 11 is 0. The zero-order valence-corrected chi connectivity index (χ0v) is 35.2. The summed E-state index contributed by atoms with van der Waals surface area (Å²) in [6, 6.07) is 0. The van der Waals surface area contributed by atoms with Gasteiger partial charge in [0.05, 0.1) is 6.10 Å². The maximum absolute atomic E-state index is 12.0. The molecule has 0 aromatic heterocycles. The highest BCUT2D eigenvalue weighted by molar-refractivity contribution is 5.69. The zero-order chi connectivity index (χ0) is 39.6. The quantitative estimate of drug-likeness (QED) is 0.0281. The van der Waals surface area contributed by atoms with Crippen molar-refractivity contribution in [1.29, 1.82) is 0 Å². The molecule has 0 amide bonds. The number of ether oxygens (including phenoxy) is 2. The molecule has 6 heteroatoms. The number of carbonyl (C=O) groups excluding carboxylic acids is 2. The molecule has 0 rings (SSSR count).